The minimum Gasteiger partial charge on any atom is -0.394 e. The molecule has 4 atom stereocenters. The van der Waals surface area contributed by atoms with Crippen LogP contribution in [0.4, 0.5) is 0 Å². The van der Waals surface area contributed by atoms with Crippen LogP contribution in [0.1, 0.15) is 25.7 Å². The second kappa shape index (κ2) is 4.90. The maximum absolute atomic E-state index is 9.35. The fourth-order valence-corrected chi connectivity index (χ4v) is 3.08. The topological polar surface area (TPSA) is 57.2 Å². The zero-order valence-corrected chi connectivity index (χ0v) is 10.4. The maximum Gasteiger partial charge on any atom is 0.187 e. The minimum atomic E-state index is -0.467. The second-order valence-corrected chi connectivity index (χ2v) is 5.13. The first-order valence-corrected chi connectivity index (χ1v) is 6.62. The Morgan fingerprint density at radius 3 is 2.67 bits per heavy atom. The van der Waals surface area contributed by atoms with E-state index in [2.05, 4.69) is 6.58 Å². The van der Waals surface area contributed by atoms with E-state index in [1.807, 2.05) is 0 Å². The summed E-state index contributed by atoms with van der Waals surface area (Å²) in [4.78, 5) is 0. The lowest BCUT2D eigenvalue weighted by Crippen LogP contribution is -2.34. The van der Waals surface area contributed by atoms with E-state index < -0.39 is 12.1 Å². The molecule has 0 radical (unpaired) electrons. The van der Waals surface area contributed by atoms with Crippen molar-refractivity contribution in [2.45, 2.75) is 56.1 Å². The molecule has 0 aromatic carbocycles. The maximum atomic E-state index is 9.35. The number of hydrogen-bond acceptors (Lipinski definition) is 5. The van der Waals surface area contributed by atoms with Crippen LogP contribution in [0.2, 0.25) is 0 Å². The summed E-state index contributed by atoms with van der Waals surface area (Å²) in [7, 11) is 0. The molecule has 3 rings (SSSR count). The van der Waals surface area contributed by atoms with Crippen LogP contribution in [0.5, 0.6) is 0 Å². The van der Waals surface area contributed by atoms with Gasteiger partial charge in [-0.25, -0.2) is 0 Å². The predicted molar refractivity (Wildman–Crippen MR) is 62.8 cm³/mol. The first kappa shape index (κ1) is 12.6. The van der Waals surface area contributed by atoms with Crippen LogP contribution in [-0.2, 0) is 18.9 Å². The lowest BCUT2D eigenvalue weighted by atomic mass is 10.1. The van der Waals surface area contributed by atoms with Gasteiger partial charge in [0.15, 0.2) is 12.1 Å². The summed E-state index contributed by atoms with van der Waals surface area (Å²) in [6.07, 6.45) is 4.49. The SMILES string of the molecule is C=CCO[C@@H]1O[C@H](CO)[C@H]2OC3(CCCC3)O[C@@H]12. The predicted octanol–water partition coefficient (Wildman–Crippen LogP) is 0.960. The van der Waals surface area contributed by atoms with Crippen molar-refractivity contribution in [2.24, 2.45) is 0 Å². The Balaban J connectivity index is 1.72. The number of hydrogen-bond donors (Lipinski definition) is 1. The van der Waals surface area contributed by atoms with Gasteiger partial charge in [0.1, 0.15) is 18.3 Å². The Morgan fingerprint density at radius 1 is 1.28 bits per heavy atom. The van der Waals surface area contributed by atoms with Gasteiger partial charge in [0.25, 0.3) is 0 Å². The highest BCUT2D eigenvalue weighted by atomic mass is 16.8. The monoisotopic (exact) mass is 256 g/mol. The van der Waals surface area contributed by atoms with Gasteiger partial charge in [-0.05, 0) is 12.8 Å². The molecule has 0 aromatic rings. The summed E-state index contributed by atoms with van der Waals surface area (Å²) in [6.45, 7) is 3.95. The summed E-state index contributed by atoms with van der Waals surface area (Å²) in [5, 5.41) is 9.35. The van der Waals surface area contributed by atoms with Gasteiger partial charge in [0, 0.05) is 12.8 Å². The molecule has 3 fully saturated rings. The fraction of sp³-hybridized carbons (Fsp3) is 0.846. The van der Waals surface area contributed by atoms with Crippen LogP contribution >= 0.6 is 0 Å². The average molecular weight is 256 g/mol. The second-order valence-electron chi connectivity index (χ2n) is 5.13. The van der Waals surface area contributed by atoms with Crippen molar-refractivity contribution >= 4 is 0 Å². The summed E-state index contributed by atoms with van der Waals surface area (Å²) in [5.41, 5.74) is 0. The van der Waals surface area contributed by atoms with Gasteiger partial charge >= 0.3 is 0 Å². The van der Waals surface area contributed by atoms with E-state index in [1.54, 1.807) is 6.08 Å². The van der Waals surface area contributed by atoms with Crippen molar-refractivity contribution in [3.8, 4) is 0 Å². The van der Waals surface area contributed by atoms with Crippen LogP contribution in [0.25, 0.3) is 0 Å². The van der Waals surface area contributed by atoms with Gasteiger partial charge in [-0.15, -0.1) is 6.58 Å². The highest BCUT2D eigenvalue weighted by molar-refractivity contribution is 4.98. The van der Waals surface area contributed by atoms with Gasteiger partial charge in [-0.1, -0.05) is 6.08 Å². The zero-order valence-electron chi connectivity index (χ0n) is 10.4. The van der Waals surface area contributed by atoms with Crippen LogP contribution in [0.15, 0.2) is 12.7 Å². The highest BCUT2D eigenvalue weighted by Gasteiger charge is 2.59. The Bertz CT molecular complexity index is 313. The summed E-state index contributed by atoms with van der Waals surface area (Å²) >= 11 is 0. The van der Waals surface area contributed by atoms with E-state index >= 15 is 0 Å². The quantitative estimate of drug-likeness (QED) is 0.759. The van der Waals surface area contributed by atoms with E-state index in [0.29, 0.717) is 6.61 Å². The van der Waals surface area contributed by atoms with Crippen molar-refractivity contribution in [2.75, 3.05) is 13.2 Å². The van der Waals surface area contributed by atoms with E-state index in [4.69, 9.17) is 18.9 Å². The van der Waals surface area contributed by atoms with Gasteiger partial charge in [-0.3, -0.25) is 0 Å². The molecular weight excluding hydrogens is 236 g/mol. The number of fused-ring (bicyclic) bond motifs is 1. The number of ether oxygens (including phenoxy) is 4. The Morgan fingerprint density at radius 2 is 2.00 bits per heavy atom. The third-order valence-electron chi connectivity index (χ3n) is 3.89. The smallest absolute Gasteiger partial charge is 0.187 e. The van der Waals surface area contributed by atoms with Crippen molar-refractivity contribution in [3.63, 3.8) is 0 Å². The molecule has 0 aromatic heterocycles. The number of aliphatic hydroxyl groups excluding tert-OH is 1. The van der Waals surface area contributed by atoms with Gasteiger partial charge in [-0.2, -0.15) is 0 Å². The van der Waals surface area contributed by atoms with Gasteiger partial charge < -0.3 is 24.1 Å². The first-order chi connectivity index (χ1) is 8.78. The minimum absolute atomic E-state index is 0.0748. The number of aliphatic hydroxyl groups is 1. The fourth-order valence-electron chi connectivity index (χ4n) is 3.08. The van der Waals surface area contributed by atoms with Crippen molar-refractivity contribution < 1.29 is 24.1 Å². The summed E-state index contributed by atoms with van der Waals surface area (Å²) in [5.74, 6) is -0.456. The summed E-state index contributed by atoms with van der Waals surface area (Å²) < 4.78 is 23.2. The average Bonchev–Trinajstić information content (AvgIpc) is 3.05. The molecule has 2 heterocycles. The molecule has 0 unspecified atom stereocenters. The number of rotatable bonds is 4. The first-order valence-electron chi connectivity index (χ1n) is 6.62. The van der Waals surface area contributed by atoms with Crippen molar-refractivity contribution in [3.05, 3.63) is 12.7 Å². The molecule has 102 valence electrons. The Hall–Kier alpha value is -0.460. The molecule has 3 aliphatic rings. The highest BCUT2D eigenvalue weighted by Crippen LogP contribution is 2.46. The van der Waals surface area contributed by atoms with Crippen LogP contribution in [-0.4, -0.2) is 48.7 Å². The third-order valence-corrected chi connectivity index (χ3v) is 3.89. The molecule has 2 saturated heterocycles. The molecule has 2 aliphatic heterocycles. The zero-order chi connectivity index (χ0) is 12.6. The van der Waals surface area contributed by atoms with E-state index in [-0.39, 0.29) is 24.9 Å². The molecule has 1 aliphatic carbocycles. The van der Waals surface area contributed by atoms with Crippen molar-refractivity contribution in [1.82, 2.24) is 0 Å². The van der Waals surface area contributed by atoms with E-state index in [0.717, 1.165) is 25.7 Å². The van der Waals surface area contributed by atoms with Crippen molar-refractivity contribution in [1.29, 1.82) is 0 Å². The molecule has 5 nitrogen and oxygen atoms in total. The molecular formula is C13H20O5. The Kier molecular flexibility index (Phi) is 3.42. The summed E-state index contributed by atoms with van der Waals surface area (Å²) in [6, 6.07) is 0. The van der Waals surface area contributed by atoms with Crippen LogP contribution in [0.3, 0.4) is 0 Å². The van der Waals surface area contributed by atoms with Crippen LogP contribution in [0, 0.1) is 0 Å². The van der Waals surface area contributed by atoms with Gasteiger partial charge in [0.05, 0.1) is 13.2 Å². The largest absolute Gasteiger partial charge is 0.394 e. The van der Waals surface area contributed by atoms with E-state index in [9.17, 15) is 5.11 Å². The third kappa shape index (κ3) is 2.00. The lowest BCUT2D eigenvalue weighted by Gasteiger charge is -2.26. The molecule has 0 amide bonds. The lowest BCUT2D eigenvalue weighted by molar-refractivity contribution is -0.244. The molecule has 1 spiro atoms. The molecule has 0 bridgehead atoms. The van der Waals surface area contributed by atoms with Crippen LogP contribution < -0.4 is 0 Å². The van der Waals surface area contributed by atoms with E-state index in [1.165, 1.54) is 0 Å². The normalized spacial score (nSPS) is 41.4. The van der Waals surface area contributed by atoms with Gasteiger partial charge in [0.2, 0.25) is 0 Å². The molecule has 1 saturated carbocycles. The molecule has 1 N–H and O–H groups in total. The Labute approximate surface area is 107 Å². The molecule has 18 heavy (non-hydrogen) atoms. The standard InChI is InChI=1S/C13H20O5/c1-2-7-15-12-11-10(9(8-14)16-12)17-13(18-11)5-3-4-6-13/h2,9-12,14H,1,3-8H2/t9-,10-,11-,12-/m1/s1. The molecule has 5 heteroatoms.